The summed E-state index contributed by atoms with van der Waals surface area (Å²) in [6.45, 7) is 4.11. The molecule has 112 valence electrons. The summed E-state index contributed by atoms with van der Waals surface area (Å²) in [6, 6.07) is 2.38. The summed E-state index contributed by atoms with van der Waals surface area (Å²) < 4.78 is 26.4. The molecule has 2 atom stereocenters. The molecule has 0 saturated carbocycles. The molecule has 0 radical (unpaired) electrons. The number of amides is 1. The van der Waals surface area contributed by atoms with E-state index in [-0.39, 0.29) is 18.0 Å². The number of aliphatic hydroxyl groups excluding tert-OH is 1. The van der Waals surface area contributed by atoms with E-state index in [2.05, 4.69) is 10.6 Å². The first-order valence-electron chi connectivity index (χ1n) is 6.59. The average molecular weight is 286 g/mol. The molecule has 0 aliphatic heterocycles. The van der Waals surface area contributed by atoms with Crippen molar-refractivity contribution in [3.8, 4) is 0 Å². The summed E-state index contributed by atoms with van der Waals surface area (Å²) in [5.41, 5.74) is -0.126. The zero-order valence-corrected chi connectivity index (χ0v) is 11.6. The van der Waals surface area contributed by atoms with Crippen LogP contribution in [-0.2, 0) is 4.79 Å². The maximum Gasteiger partial charge on any atom is 0.236 e. The third kappa shape index (κ3) is 4.86. The van der Waals surface area contributed by atoms with Gasteiger partial charge < -0.3 is 15.7 Å². The first-order chi connectivity index (χ1) is 9.45. The normalized spacial score (nSPS) is 13.8. The highest BCUT2D eigenvalue weighted by atomic mass is 19.1. The lowest BCUT2D eigenvalue weighted by Crippen LogP contribution is -2.43. The van der Waals surface area contributed by atoms with Gasteiger partial charge in [-0.3, -0.25) is 4.79 Å². The molecule has 1 aromatic rings. The zero-order valence-electron chi connectivity index (χ0n) is 11.6. The van der Waals surface area contributed by atoms with Gasteiger partial charge in [0.15, 0.2) is 0 Å². The van der Waals surface area contributed by atoms with Gasteiger partial charge in [0.1, 0.15) is 11.6 Å². The lowest BCUT2D eigenvalue weighted by Gasteiger charge is -2.17. The minimum atomic E-state index is -1.22. The van der Waals surface area contributed by atoms with Crippen molar-refractivity contribution in [1.82, 2.24) is 10.6 Å². The molecule has 6 heteroatoms. The third-order valence-corrected chi connectivity index (χ3v) is 2.88. The number of carbonyl (C=O) groups excluding carboxylic acids is 1. The molecule has 0 bridgehead atoms. The van der Waals surface area contributed by atoms with Gasteiger partial charge in [-0.15, -0.1) is 0 Å². The maximum atomic E-state index is 13.4. The fraction of sp³-hybridized carbons (Fsp3) is 0.500. The van der Waals surface area contributed by atoms with Gasteiger partial charge >= 0.3 is 0 Å². The highest BCUT2D eigenvalue weighted by Crippen LogP contribution is 2.17. The Labute approximate surface area is 117 Å². The Balaban J connectivity index is 2.52. The number of carbonyl (C=O) groups is 1. The molecular weight excluding hydrogens is 266 g/mol. The number of aliphatic hydroxyl groups is 1. The topological polar surface area (TPSA) is 61.4 Å². The molecule has 0 saturated heterocycles. The molecular formula is C14H20F2N2O2. The molecule has 0 aliphatic rings. The summed E-state index contributed by atoms with van der Waals surface area (Å²) in [7, 11) is 0. The summed E-state index contributed by atoms with van der Waals surface area (Å²) in [4.78, 5) is 11.6. The molecule has 4 nitrogen and oxygen atoms in total. The Bertz CT molecular complexity index is 455. The van der Waals surface area contributed by atoms with Crippen molar-refractivity contribution in [2.45, 2.75) is 32.4 Å². The van der Waals surface area contributed by atoms with Crippen LogP contribution in [0, 0.1) is 11.6 Å². The predicted octanol–water partition coefficient (Wildman–Crippen LogP) is 1.50. The van der Waals surface area contributed by atoms with Gasteiger partial charge in [-0.2, -0.15) is 0 Å². The van der Waals surface area contributed by atoms with Crippen molar-refractivity contribution in [2.24, 2.45) is 0 Å². The van der Waals surface area contributed by atoms with Gasteiger partial charge in [0.2, 0.25) is 5.91 Å². The van der Waals surface area contributed by atoms with E-state index < -0.39 is 23.8 Å². The molecule has 1 amide bonds. The van der Waals surface area contributed by atoms with E-state index in [9.17, 15) is 18.7 Å². The van der Waals surface area contributed by atoms with Gasteiger partial charge in [0.05, 0.1) is 12.1 Å². The summed E-state index contributed by atoms with van der Waals surface area (Å²) >= 11 is 0. The SMILES string of the molecule is CCCNC(=O)C(C)NCC(O)c1cc(F)ccc1F. The zero-order chi connectivity index (χ0) is 15.1. The number of hydrogen-bond acceptors (Lipinski definition) is 3. The maximum absolute atomic E-state index is 13.4. The number of benzene rings is 1. The molecule has 1 rings (SSSR count). The Hall–Kier alpha value is -1.53. The Morgan fingerprint density at radius 3 is 2.75 bits per heavy atom. The standard InChI is InChI=1S/C14H20F2N2O2/c1-3-6-17-14(20)9(2)18-8-13(19)11-7-10(15)4-5-12(11)16/h4-5,7,9,13,18-19H,3,6,8H2,1-2H3,(H,17,20). The van der Waals surface area contributed by atoms with Crippen molar-refractivity contribution in [2.75, 3.05) is 13.1 Å². The summed E-state index contributed by atoms with van der Waals surface area (Å²) in [6.07, 6.45) is -0.387. The van der Waals surface area contributed by atoms with E-state index in [1.165, 1.54) is 0 Å². The summed E-state index contributed by atoms with van der Waals surface area (Å²) in [5, 5.41) is 15.3. The van der Waals surface area contributed by atoms with Gasteiger partial charge in [-0.25, -0.2) is 8.78 Å². The first kappa shape index (κ1) is 16.5. The number of halogens is 2. The van der Waals surface area contributed by atoms with Crippen molar-refractivity contribution >= 4 is 5.91 Å². The smallest absolute Gasteiger partial charge is 0.236 e. The van der Waals surface area contributed by atoms with Crippen LogP contribution in [0.15, 0.2) is 18.2 Å². The van der Waals surface area contributed by atoms with Crippen LogP contribution in [0.2, 0.25) is 0 Å². The van der Waals surface area contributed by atoms with Gasteiger partial charge in [0.25, 0.3) is 0 Å². The molecule has 0 fully saturated rings. The Morgan fingerprint density at radius 2 is 2.10 bits per heavy atom. The lowest BCUT2D eigenvalue weighted by molar-refractivity contribution is -0.122. The van der Waals surface area contributed by atoms with E-state index in [1.54, 1.807) is 6.92 Å². The van der Waals surface area contributed by atoms with E-state index in [0.29, 0.717) is 6.54 Å². The minimum Gasteiger partial charge on any atom is -0.387 e. The predicted molar refractivity (Wildman–Crippen MR) is 72.1 cm³/mol. The first-order valence-corrected chi connectivity index (χ1v) is 6.59. The fourth-order valence-electron chi connectivity index (χ4n) is 1.66. The molecule has 1 aromatic carbocycles. The lowest BCUT2D eigenvalue weighted by atomic mass is 10.1. The van der Waals surface area contributed by atoms with Crippen molar-refractivity contribution in [3.05, 3.63) is 35.4 Å². The van der Waals surface area contributed by atoms with Crippen molar-refractivity contribution in [1.29, 1.82) is 0 Å². The van der Waals surface area contributed by atoms with Crippen molar-refractivity contribution in [3.63, 3.8) is 0 Å². The van der Waals surface area contributed by atoms with Crippen LogP contribution >= 0.6 is 0 Å². The highest BCUT2D eigenvalue weighted by molar-refractivity contribution is 5.81. The second kappa shape index (κ2) is 7.91. The Kier molecular flexibility index (Phi) is 6.54. The van der Waals surface area contributed by atoms with Crippen LogP contribution in [0.25, 0.3) is 0 Å². The number of nitrogens with one attached hydrogen (secondary N) is 2. The molecule has 20 heavy (non-hydrogen) atoms. The molecule has 3 N–H and O–H groups in total. The number of rotatable bonds is 7. The fourth-order valence-corrected chi connectivity index (χ4v) is 1.66. The molecule has 0 aromatic heterocycles. The quantitative estimate of drug-likeness (QED) is 0.712. The van der Waals surface area contributed by atoms with E-state index >= 15 is 0 Å². The highest BCUT2D eigenvalue weighted by Gasteiger charge is 2.17. The van der Waals surface area contributed by atoms with Crippen LogP contribution in [0.3, 0.4) is 0 Å². The number of hydrogen-bond donors (Lipinski definition) is 3. The van der Waals surface area contributed by atoms with Crippen LogP contribution in [0.5, 0.6) is 0 Å². The van der Waals surface area contributed by atoms with Gasteiger partial charge in [-0.05, 0) is 31.5 Å². The van der Waals surface area contributed by atoms with E-state index in [1.807, 2.05) is 6.92 Å². The average Bonchev–Trinajstić information content (AvgIpc) is 2.44. The molecule has 2 unspecified atom stereocenters. The second-order valence-electron chi connectivity index (χ2n) is 4.60. The van der Waals surface area contributed by atoms with Crippen LogP contribution in [-0.4, -0.2) is 30.1 Å². The van der Waals surface area contributed by atoms with Crippen LogP contribution in [0.1, 0.15) is 31.9 Å². The monoisotopic (exact) mass is 286 g/mol. The Morgan fingerprint density at radius 1 is 1.40 bits per heavy atom. The minimum absolute atomic E-state index is 0.0406. The molecule has 0 spiro atoms. The van der Waals surface area contributed by atoms with E-state index in [0.717, 1.165) is 24.6 Å². The largest absolute Gasteiger partial charge is 0.387 e. The molecule has 0 heterocycles. The van der Waals surface area contributed by atoms with Gasteiger partial charge in [0, 0.05) is 18.7 Å². The van der Waals surface area contributed by atoms with Gasteiger partial charge in [-0.1, -0.05) is 6.92 Å². The van der Waals surface area contributed by atoms with E-state index in [4.69, 9.17) is 0 Å². The third-order valence-electron chi connectivity index (χ3n) is 2.88. The second-order valence-corrected chi connectivity index (χ2v) is 4.60. The van der Waals surface area contributed by atoms with Crippen LogP contribution in [0.4, 0.5) is 8.78 Å². The summed E-state index contributed by atoms with van der Waals surface area (Å²) in [5.74, 6) is -1.49. The van der Waals surface area contributed by atoms with Crippen LogP contribution < -0.4 is 10.6 Å². The molecule has 0 aliphatic carbocycles. The van der Waals surface area contributed by atoms with Crippen molar-refractivity contribution < 1.29 is 18.7 Å².